The van der Waals surface area contributed by atoms with E-state index in [-0.39, 0.29) is 36.1 Å². The number of carbonyl (C=O) groups is 2. The monoisotopic (exact) mass is 804 g/mol. The van der Waals surface area contributed by atoms with E-state index in [1.807, 2.05) is 20.8 Å². The van der Waals surface area contributed by atoms with Crippen LogP contribution in [0.2, 0.25) is 0 Å². The van der Waals surface area contributed by atoms with Crippen molar-refractivity contribution in [2.24, 2.45) is 29.6 Å². The molecule has 15 heteroatoms. The molecule has 17 atom stereocenters. The number of ether oxygens (including phenoxy) is 9. The fourth-order valence-corrected chi connectivity index (χ4v) is 8.54. The van der Waals surface area contributed by atoms with E-state index in [1.165, 1.54) is 20.3 Å². The second-order valence-electron chi connectivity index (χ2n) is 16.4. The van der Waals surface area contributed by atoms with Crippen LogP contribution in [0.5, 0.6) is 0 Å². The Morgan fingerprint density at radius 3 is 2.04 bits per heavy atom. The molecule has 3 aliphatic rings. The molecule has 0 aliphatic carbocycles. The fourth-order valence-electron chi connectivity index (χ4n) is 8.54. The van der Waals surface area contributed by atoms with Gasteiger partial charge < -0.3 is 62.9 Å². The van der Waals surface area contributed by atoms with Crippen molar-refractivity contribution in [1.29, 1.82) is 0 Å². The van der Waals surface area contributed by atoms with Gasteiger partial charge in [-0.15, -0.1) is 0 Å². The van der Waals surface area contributed by atoms with E-state index in [4.69, 9.17) is 42.6 Å². The van der Waals surface area contributed by atoms with Crippen LogP contribution >= 0.6 is 0 Å². The lowest BCUT2D eigenvalue weighted by atomic mass is 9.80. The van der Waals surface area contributed by atoms with Crippen LogP contribution in [0.4, 0.5) is 0 Å². The maximum atomic E-state index is 13.8. The predicted molar refractivity (Wildman–Crippen MR) is 206 cm³/mol. The maximum absolute atomic E-state index is 13.8. The molecule has 0 bridgehead atoms. The Bertz CT molecular complexity index is 1200. The van der Waals surface area contributed by atoms with Gasteiger partial charge in [0.1, 0.15) is 36.3 Å². The second kappa shape index (κ2) is 23.3. The van der Waals surface area contributed by atoms with Gasteiger partial charge in [-0.2, -0.15) is 0 Å². The minimum Gasteiger partial charge on any atom is -0.459 e. The van der Waals surface area contributed by atoms with E-state index in [2.05, 4.69) is 6.92 Å². The zero-order chi connectivity index (χ0) is 41.9. The van der Waals surface area contributed by atoms with Crippen LogP contribution in [0.15, 0.2) is 12.2 Å². The van der Waals surface area contributed by atoms with Crippen LogP contribution in [-0.2, 0) is 52.2 Å². The number of hydrogen-bond donors (Lipinski definition) is 3. The van der Waals surface area contributed by atoms with Crippen LogP contribution in [0, 0.1) is 29.6 Å². The molecule has 2 saturated heterocycles. The molecular formula is C41H73NO14. The molecule has 3 heterocycles. The minimum absolute atomic E-state index is 0.0825. The average Bonchev–Trinajstić information content (AvgIpc) is 3.16. The van der Waals surface area contributed by atoms with E-state index in [1.54, 1.807) is 53.1 Å². The molecule has 326 valence electrons. The normalized spacial score (nSPS) is 41.8. The van der Waals surface area contributed by atoms with Gasteiger partial charge in [0, 0.05) is 65.1 Å². The molecule has 3 aliphatic heterocycles. The van der Waals surface area contributed by atoms with Crippen molar-refractivity contribution in [3.63, 3.8) is 0 Å². The average molecular weight is 804 g/mol. The SMILES string of the molecule is CCC1OC(=O)/C=C\C(C)C(O[C@@H]2O[C@H](C)[C@@H](O)[C@H](N(C)C)[C@H]2O)C(CC(OC)OC)CC(C)C(=O)CCC(C)CC1CO[C@@H]1O[C@H](C)[C@@H](O)[C@@H](OC)[C@@H]1OC. The topological polar surface area (TPSA) is 181 Å². The van der Waals surface area contributed by atoms with Gasteiger partial charge in [0.2, 0.25) is 0 Å². The number of ketones is 1. The summed E-state index contributed by atoms with van der Waals surface area (Å²) in [4.78, 5) is 29.2. The largest absolute Gasteiger partial charge is 0.459 e. The molecule has 0 aromatic rings. The quantitative estimate of drug-likeness (QED) is 0.183. The minimum atomic E-state index is -1.20. The first-order valence-electron chi connectivity index (χ1n) is 20.3. The Labute approximate surface area is 334 Å². The summed E-state index contributed by atoms with van der Waals surface area (Å²) < 4.78 is 53.7. The second-order valence-corrected chi connectivity index (χ2v) is 16.4. The van der Waals surface area contributed by atoms with Crippen molar-refractivity contribution < 1.29 is 67.5 Å². The Hall–Kier alpha value is -1.60. The number of rotatable bonds is 13. The summed E-state index contributed by atoms with van der Waals surface area (Å²) in [5.41, 5.74) is 0. The van der Waals surface area contributed by atoms with Crippen LogP contribution in [-0.4, -0.2) is 161 Å². The molecule has 0 aromatic heterocycles. The van der Waals surface area contributed by atoms with Crippen molar-refractivity contribution in [3.8, 4) is 0 Å². The third-order valence-corrected chi connectivity index (χ3v) is 12.0. The molecule has 7 unspecified atom stereocenters. The highest BCUT2D eigenvalue weighted by molar-refractivity contribution is 5.82. The van der Waals surface area contributed by atoms with Crippen LogP contribution in [0.3, 0.4) is 0 Å². The van der Waals surface area contributed by atoms with Crippen LogP contribution in [0.25, 0.3) is 0 Å². The first kappa shape index (κ1) is 48.8. The van der Waals surface area contributed by atoms with Gasteiger partial charge in [-0.1, -0.05) is 33.8 Å². The zero-order valence-electron chi connectivity index (χ0n) is 35.8. The third-order valence-electron chi connectivity index (χ3n) is 12.0. The maximum Gasteiger partial charge on any atom is 0.330 e. The van der Waals surface area contributed by atoms with Crippen LogP contribution in [0.1, 0.15) is 80.1 Å². The van der Waals surface area contributed by atoms with Gasteiger partial charge in [0.25, 0.3) is 0 Å². The zero-order valence-corrected chi connectivity index (χ0v) is 35.8. The number of hydrogen-bond acceptors (Lipinski definition) is 15. The number of methoxy groups -OCH3 is 4. The summed E-state index contributed by atoms with van der Waals surface area (Å²) in [6, 6.07) is -0.660. The molecule has 0 aromatic carbocycles. The summed E-state index contributed by atoms with van der Waals surface area (Å²) in [6.07, 6.45) is -3.35. The number of likely N-dealkylation sites (N-methyl/N-ethyl adjacent to an activating group) is 1. The van der Waals surface area contributed by atoms with Gasteiger partial charge in [-0.3, -0.25) is 4.79 Å². The Kier molecular flexibility index (Phi) is 20.3. The Morgan fingerprint density at radius 2 is 1.45 bits per heavy atom. The molecule has 0 spiro atoms. The summed E-state index contributed by atoms with van der Waals surface area (Å²) in [5.74, 6) is -1.70. The van der Waals surface area contributed by atoms with E-state index in [9.17, 15) is 24.9 Å². The molecule has 3 rings (SSSR count). The van der Waals surface area contributed by atoms with E-state index in [0.717, 1.165) is 0 Å². The van der Waals surface area contributed by atoms with Crippen molar-refractivity contribution in [2.75, 3.05) is 49.1 Å². The van der Waals surface area contributed by atoms with Crippen molar-refractivity contribution in [1.82, 2.24) is 4.90 Å². The number of carbonyl (C=O) groups excluding carboxylic acids is 2. The lowest BCUT2D eigenvalue weighted by molar-refractivity contribution is -0.305. The Morgan fingerprint density at radius 1 is 0.821 bits per heavy atom. The number of Topliss-reactive ketones (excluding diaryl/α,β-unsaturated/α-hetero) is 1. The summed E-state index contributed by atoms with van der Waals surface area (Å²) in [7, 11) is 9.67. The summed E-state index contributed by atoms with van der Waals surface area (Å²) in [5, 5.41) is 33.0. The molecule has 0 amide bonds. The first-order chi connectivity index (χ1) is 26.5. The number of aliphatic hydroxyl groups is 3. The van der Waals surface area contributed by atoms with Gasteiger partial charge in [0.15, 0.2) is 18.9 Å². The molecule has 3 N–H and O–H groups in total. The lowest BCUT2D eigenvalue weighted by Gasteiger charge is -2.46. The molecular weight excluding hydrogens is 730 g/mol. The van der Waals surface area contributed by atoms with Gasteiger partial charge in [-0.25, -0.2) is 4.79 Å². The highest BCUT2D eigenvalue weighted by Gasteiger charge is 2.47. The molecule has 56 heavy (non-hydrogen) atoms. The van der Waals surface area contributed by atoms with Crippen LogP contribution < -0.4 is 0 Å². The number of aliphatic hydroxyl groups excluding tert-OH is 3. The number of esters is 1. The third kappa shape index (κ3) is 12.9. The molecule has 0 saturated carbocycles. The van der Waals surface area contributed by atoms with E-state index < -0.39 is 91.7 Å². The van der Waals surface area contributed by atoms with Crippen molar-refractivity contribution in [3.05, 3.63) is 12.2 Å². The van der Waals surface area contributed by atoms with Gasteiger partial charge in [0.05, 0.1) is 37.1 Å². The number of cyclic esters (lactones) is 1. The standard InChI is InChI=1S/C41H73NO14/c1-13-30-28(21-52-41-39(51-12)38(50-11)35(46)26(6)54-41)18-22(2)14-16-29(43)24(4)19-27(20-32(48-9)49-10)37(23(3)15-17-31(44)55-30)56-40-36(47)33(42(7)8)34(45)25(5)53-40/h15,17,22-28,30,32-41,45-47H,13-14,16,18-21H2,1-12H3/b17-15-/t22?,23?,24?,25-,26-,27?,28?,30?,33+,34-,35-,36-,37?,38-,39+,40+,41-/m1/s1. The van der Waals surface area contributed by atoms with Gasteiger partial charge in [-0.05, 0) is 65.5 Å². The Balaban J connectivity index is 1.97. The molecule has 0 radical (unpaired) electrons. The highest BCUT2D eigenvalue weighted by Crippen LogP contribution is 2.35. The van der Waals surface area contributed by atoms with Gasteiger partial charge >= 0.3 is 5.97 Å². The van der Waals surface area contributed by atoms with E-state index in [0.29, 0.717) is 38.5 Å². The summed E-state index contributed by atoms with van der Waals surface area (Å²) >= 11 is 0. The smallest absolute Gasteiger partial charge is 0.330 e. The van der Waals surface area contributed by atoms with Crippen molar-refractivity contribution >= 4 is 11.8 Å². The number of nitrogens with zero attached hydrogens (tertiary/aromatic N) is 1. The summed E-state index contributed by atoms with van der Waals surface area (Å²) in [6.45, 7) is 11.5. The first-order valence-corrected chi connectivity index (χ1v) is 20.3. The lowest BCUT2D eigenvalue weighted by Crippen LogP contribution is -2.63. The fraction of sp³-hybridized carbons (Fsp3) is 0.902. The highest BCUT2D eigenvalue weighted by atomic mass is 16.7. The molecule has 15 nitrogen and oxygen atoms in total. The van der Waals surface area contributed by atoms with E-state index >= 15 is 0 Å². The van der Waals surface area contributed by atoms with Crippen molar-refractivity contribution in [2.45, 2.75) is 160 Å². The molecule has 2 fully saturated rings. The predicted octanol–water partition coefficient (Wildman–Crippen LogP) is 3.09.